The summed E-state index contributed by atoms with van der Waals surface area (Å²) in [6.45, 7) is 1.91. The van der Waals surface area contributed by atoms with Crippen molar-refractivity contribution in [1.82, 2.24) is 10.2 Å². The average Bonchev–Trinajstić information content (AvgIpc) is 2.86. The molecule has 0 fully saturated rings. The molecular formula is C27H29Br2N3O4S. The molecule has 0 bridgehead atoms. The van der Waals surface area contributed by atoms with Gasteiger partial charge in [0.2, 0.25) is 21.8 Å². The molecule has 3 rings (SSSR count). The summed E-state index contributed by atoms with van der Waals surface area (Å²) < 4.78 is 28.2. The third-order valence-corrected chi connectivity index (χ3v) is 7.88. The number of nitrogens with zero attached hydrogens (tertiary/aromatic N) is 2. The Bertz CT molecular complexity index is 1300. The first kappa shape index (κ1) is 28.9. The number of hydrogen-bond donors (Lipinski definition) is 1. The van der Waals surface area contributed by atoms with E-state index in [1.165, 1.54) is 4.90 Å². The molecule has 7 nitrogen and oxygen atoms in total. The SMILES string of the molecule is CCNC(=O)C(Cc1ccccc1)N(Cc1ccc(Br)cc1)C(=O)CN(c1ccc(Br)cc1)S(C)(=O)=O. The molecular weight excluding hydrogens is 622 g/mol. The first-order valence-electron chi connectivity index (χ1n) is 11.7. The van der Waals surface area contributed by atoms with Crippen molar-refractivity contribution < 1.29 is 18.0 Å². The third-order valence-electron chi connectivity index (χ3n) is 5.68. The highest BCUT2D eigenvalue weighted by atomic mass is 79.9. The Morgan fingerprint density at radius 1 is 0.865 bits per heavy atom. The van der Waals surface area contributed by atoms with Crippen molar-refractivity contribution in [2.75, 3.05) is 23.7 Å². The number of rotatable bonds is 11. The molecule has 0 aliphatic rings. The van der Waals surface area contributed by atoms with Crippen LogP contribution in [0.15, 0.2) is 87.8 Å². The van der Waals surface area contributed by atoms with Crippen LogP contribution in [0.2, 0.25) is 0 Å². The molecule has 3 aromatic rings. The summed E-state index contributed by atoms with van der Waals surface area (Å²) in [6, 6.07) is 22.7. The lowest BCUT2D eigenvalue weighted by atomic mass is 10.0. The summed E-state index contributed by atoms with van der Waals surface area (Å²) in [5.41, 5.74) is 2.06. The molecule has 37 heavy (non-hydrogen) atoms. The summed E-state index contributed by atoms with van der Waals surface area (Å²) in [7, 11) is -3.79. The summed E-state index contributed by atoms with van der Waals surface area (Å²) >= 11 is 6.77. The van der Waals surface area contributed by atoms with Crippen LogP contribution >= 0.6 is 31.9 Å². The minimum absolute atomic E-state index is 0.138. The highest BCUT2D eigenvalue weighted by Gasteiger charge is 2.32. The van der Waals surface area contributed by atoms with Crippen LogP contribution in [0.3, 0.4) is 0 Å². The van der Waals surface area contributed by atoms with Gasteiger partial charge < -0.3 is 10.2 Å². The molecule has 0 saturated heterocycles. The van der Waals surface area contributed by atoms with Crippen molar-refractivity contribution >= 4 is 59.4 Å². The first-order valence-corrected chi connectivity index (χ1v) is 15.1. The number of benzene rings is 3. The molecule has 0 radical (unpaired) electrons. The number of carbonyl (C=O) groups excluding carboxylic acids is 2. The Hall–Kier alpha value is -2.69. The van der Waals surface area contributed by atoms with E-state index in [4.69, 9.17) is 0 Å². The molecule has 0 spiro atoms. The van der Waals surface area contributed by atoms with Crippen LogP contribution in [0.25, 0.3) is 0 Å². The van der Waals surface area contributed by atoms with Gasteiger partial charge in [0.05, 0.1) is 11.9 Å². The van der Waals surface area contributed by atoms with Crippen LogP contribution in [0.5, 0.6) is 0 Å². The van der Waals surface area contributed by atoms with E-state index in [1.807, 2.05) is 61.5 Å². The fraction of sp³-hybridized carbons (Fsp3) is 0.259. The molecule has 0 saturated carbocycles. The Kier molecular flexibility index (Phi) is 10.3. The van der Waals surface area contributed by atoms with Crippen molar-refractivity contribution in [3.63, 3.8) is 0 Å². The monoisotopic (exact) mass is 649 g/mol. The van der Waals surface area contributed by atoms with Gasteiger partial charge in [0.25, 0.3) is 0 Å². The molecule has 0 aromatic heterocycles. The van der Waals surface area contributed by atoms with Crippen LogP contribution in [0.1, 0.15) is 18.1 Å². The smallest absolute Gasteiger partial charge is 0.244 e. The van der Waals surface area contributed by atoms with Crippen molar-refractivity contribution in [1.29, 1.82) is 0 Å². The van der Waals surface area contributed by atoms with Gasteiger partial charge in [0, 0.05) is 28.5 Å². The van der Waals surface area contributed by atoms with Crippen LogP contribution in [-0.2, 0) is 32.6 Å². The summed E-state index contributed by atoms with van der Waals surface area (Å²) in [4.78, 5) is 28.6. The number of nitrogens with one attached hydrogen (secondary N) is 1. The van der Waals surface area contributed by atoms with Gasteiger partial charge in [-0.25, -0.2) is 8.42 Å². The van der Waals surface area contributed by atoms with Crippen molar-refractivity contribution in [3.05, 3.63) is 98.9 Å². The van der Waals surface area contributed by atoms with Gasteiger partial charge in [-0.3, -0.25) is 13.9 Å². The van der Waals surface area contributed by atoms with Crippen molar-refractivity contribution in [2.45, 2.75) is 25.9 Å². The maximum absolute atomic E-state index is 13.9. The number of carbonyl (C=O) groups is 2. The minimum Gasteiger partial charge on any atom is -0.355 e. The van der Waals surface area contributed by atoms with Gasteiger partial charge >= 0.3 is 0 Å². The van der Waals surface area contributed by atoms with Crippen LogP contribution in [-0.4, -0.2) is 50.5 Å². The summed E-state index contributed by atoms with van der Waals surface area (Å²) in [5.74, 6) is -0.783. The Morgan fingerprint density at radius 3 is 1.97 bits per heavy atom. The van der Waals surface area contributed by atoms with E-state index in [2.05, 4.69) is 37.2 Å². The number of anilines is 1. The van der Waals surface area contributed by atoms with E-state index in [1.54, 1.807) is 24.3 Å². The van der Waals surface area contributed by atoms with Gasteiger partial charge in [-0.05, 0) is 54.4 Å². The lowest BCUT2D eigenvalue weighted by molar-refractivity contribution is -0.140. The Balaban J connectivity index is 2.02. The predicted octanol–water partition coefficient (Wildman–Crippen LogP) is 4.75. The Labute approximate surface area is 235 Å². The molecule has 3 aromatic carbocycles. The maximum Gasteiger partial charge on any atom is 0.244 e. The summed E-state index contributed by atoms with van der Waals surface area (Å²) in [5, 5.41) is 2.84. The second-order valence-electron chi connectivity index (χ2n) is 8.49. The maximum atomic E-state index is 13.9. The lowest BCUT2D eigenvalue weighted by Gasteiger charge is -2.33. The molecule has 196 valence electrons. The topological polar surface area (TPSA) is 86.8 Å². The number of sulfonamides is 1. The highest BCUT2D eigenvalue weighted by Crippen LogP contribution is 2.23. The molecule has 0 aliphatic carbocycles. The average molecular weight is 651 g/mol. The second kappa shape index (κ2) is 13.2. The zero-order valence-electron chi connectivity index (χ0n) is 20.6. The van der Waals surface area contributed by atoms with Crippen LogP contribution in [0.4, 0.5) is 5.69 Å². The quantitative estimate of drug-likeness (QED) is 0.325. The van der Waals surface area contributed by atoms with Gasteiger partial charge in [-0.15, -0.1) is 0 Å². The first-order chi connectivity index (χ1) is 17.6. The standard InChI is InChI=1S/C27H29Br2N3O4S/c1-3-30-27(34)25(17-20-7-5-4-6-8-20)31(18-21-9-11-22(28)12-10-21)26(33)19-32(37(2,35)36)24-15-13-23(29)14-16-24/h4-16,25H,3,17-19H2,1-2H3,(H,30,34). The minimum atomic E-state index is -3.79. The predicted molar refractivity (Wildman–Crippen MR) is 154 cm³/mol. The fourth-order valence-corrected chi connectivity index (χ4v) is 5.23. The zero-order chi connectivity index (χ0) is 27.0. The van der Waals surface area contributed by atoms with E-state index in [9.17, 15) is 18.0 Å². The fourth-order valence-electron chi connectivity index (χ4n) is 3.85. The number of halogens is 2. The molecule has 2 amide bonds. The van der Waals surface area contributed by atoms with Gasteiger partial charge in [-0.1, -0.05) is 74.3 Å². The molecule has 1 unspecified atom stereocenters. The number of likely N-dealkylation sites (N-methyl/N-ethyl adjacent to an activating group) is 1. The van der Waals surface area contributed by atoms with E-state index >= 15 is 0 Å². The highest BCUT2D eigenvalue weighted by molar-refractivity contribution is 9.10. The van der Waals surface area contributed by atoms with E-state index in [-0.39, 0.29) is 18.9 Å². The largest absolute Gasteiger partial charge is 0.355 e. The van der Waals surface area contributed by atoms with Gasteiger partial charge in [0.15, 0.2) is 0 Å². The molecule has 1 N–H and O–H groups in total. The van der Waals surface area contributed by atoms with Gasteiger partial charge in [-0.2, -0.15) is 0 Å². The molecule has 0 aliphatic heterocycles. The zero-order valence-corrected chi connectivity index (χ0v) is 24.6. The van der Waals surface area contributed by atoms with Crippen LogP contribution in [0, 0.1) is 0 Å². The summed E-state index contributed by atoms with van der Waals surface area (Å²) in [6.07, 6.45) is 1.35. The molecule has 10 heteroatoms. The van der Waals surface area contributed by atoms with Crippen LogP contribution < -0.4 is 9.62 Å². The van der Waals surface area contributed by atoms with E-state index < -0.39 is 28.5 Å². The van der Waals surface area contributed by atoms with E-state index in [0.717, 1.165) is 30.6 Å². The normalized spacial score (nSPS) is 12.0. The Morgan fingerprint density at radius 2 is 1.43 bits per heavy atom. The van der Waals surface area contributed by atoms with Gasteiger partial charge in [0.1, 0.15) is 12.6 Å². The third kappa shape index (κ3) is 8.41. The second-order valence-corrected chi connectivity index (χ2v) is 12.2. The number of amides is 2. The van der Waals surface area contributed by atoms with E-state index in [0.29, 0.717) is 12.2 Å². The molecule has 1 atom stereocenters. The molecule has 0 heterocycles. The van der Waals surface area contributed by atoms with Crippen molar-refractivity contribution in [3.8, 4) is 0 Å². The number of hydrogen-bond acceptors (Lipinski definition) is 4. The lowest BCUT2D eigenvalue weighted by Crippen LogP contribution is -2.53. The van der Waals surface area contributed by atoms with Crippen molar-refractivity contribution in [2.24, 2.45) is 0 Å².